The first kappa shape index (κ1) is 14.3. The predicted molar refractivity (Wildman–Crippen MR) is 77.9 cm³/mol. The van der Waals surface area contributed by atoms with Gasteiger partial charge in [0.25, 0.3) is 0 Å². The van der Waals surface area contributed by atoms with Crippen molar-refractivity contribution in [2.24, 2.45) is 11.3 Å². The summed E-state index contributed by atoms with van der Waals surface area (Å²) >= 11 is 0. The lowest BCUT2D eigenvalue weighted by Crippen LogP contribution is -2.56. The molecule has 3 nitrogen and oxygen atoms in total. The number of piperidine rings is 2. The Morgan fingerprint density at radius 2 is 1.83 bits per heavy atom. The summed E-state index contributed by atoms with van der Waals surface area (Å²) in [5.41, 5.74) is 0.437. The van der Waals surface area contributed by atoms with Gasteiger partial charge in [0.1, 0.15) is 0 Å². The van der Waals surface area contributed by atoms with E-state index >= 15 is 0 Å². The van der Waals surface area contributed by atoms with Crippen molar-refractivity contribution in [2.75, 3.05) is 46.8 Å². The van der Waals surface area contributed by atoms with Crippen LogP contribution in [0.15, 0.2) is 0 Å². The van der Waals surface area contributed by atoms with E-state index in [0.29, 0.717) is 5.41 Å². The molecule has 0 aromatic rings. The predicted octanol–water partition coefficient (Wildman–Crippen LogP) is 1.65. The van der Waals surface area contributed by atoms with Gasteiger partial charge in [-0.3, -0.25) is 4.90 Å². The van der Waals surface area contributed by atoms with Crippen LogP contribution in [0.4, 0.5) is 0 Å². The fraction of sp³-hybridized carbons (Fsp3) is 1.00. The number of hydrogen-bond donors (Lipinski definition) is 1. The Kier molecular flexibility index (Phi) is 4.68. The number of likely N-dealkylation sites (tertiary alicyclic amines) is 1. The summed E-state index contributed by atoms with van der Waals surface area (Å²) in [5, 5.41) is 3.55. The summed E-state index contributed by atoms with van der Waals surface area (Å²) in [7, 11) is 4.39. The van der Waals surface area contributed by atoms with Gasteiger partial charge in [-0.25, -0.2) is 0 Å². The van der Waals surface area contributed by atoms with Crippen molar-refractivity contribution in [1.82, 2.24) is 15.1 Å². The fourth-order valence-corrected chi connectivity index (χ4v) is 3.80. The Labute approximate surface area is 113 Å². The summed E-state index contributed by atoms with van der Waals surface area (Å²) in [5.74, 6) is 0.918. The zero-order valence-electron chi connectivity index (χ0n) is 12.7. The highest BCUT2D eigenvalue weighted by atomic mass is 15.2. The van der Waals surface area contributed by atoms with Crippen molar-refractivity contribution in [3.05, 3.63) is 0 Å². The largest absolute Gasteiger partial charge is 0.316 e. The van der Waals surface area contributed by atoms with E-state index in [4.69, 9.17) is 0 Å². The zero-order valence-corrected chi connectivity index (χ0v) is 12.7. The van der Waals surface area contributed by atoms with Gasteiger partial charge in [0, 0.05) is 19.1 Å². The van der Waals surface area contributed by atoms with Crippen LogP contribution in [0.2, 0.25) is 0 Å². The summed E-state index contributed by atoms with van der Waals surface area (Å²) in [6.45, 7) is 11.1. The Hall–Kier alpha value is -0.120. The molecule has 1 atom stereocenters. The van der Waals surface area contributed by atoms with Gasteiger partial charge in [0.05, 0.1) is 0 Å². The maximum atomic E-state index is 3.55. The number of hydrogen-bond acceptors (Lipinski definition) is 3. The highest BCUT2D eigenvalue weighted by Crippen LogP contribution is 2.32. The van der Waals surface area contributed by atoms with E-state index in [0.717, 1.165) is 12.0 Å². The van der Waals surface area contributed by atoms with E-state index in [-0.39, 0.29) is 0 Å². The van der Waals surface area contributed by atoms with Crippen LogP contribution in [0.25, 0.3) is 0 Å². The van der Waals surface area contributed by atoms with Crippen LogP contribution in [0.1, 0.15) is 33.1 Å². The molecule has 0 aromatic carbocycles. The second-order valence-electron chi connectivity index (χ2n) is 7.21. The number of nitrogens with zero attached hydrogens (tertiary/aromatic N) is 2. The molecular formula is C15H31N3. The minimum Gasteiger partial charge on any atom is -0.316 e. The third-order valence-electron chi connectivity index (χ3n) is 4.79. The molecule has 1 unspecified atom stereocenters. The smallest absolute Gasteiger partial charge is 0.0171 e. The van der Waals surface area contributed by atoms with Crippen molar-refractivity contribution in [2.45, 2.75) is 39.2 Å². The van der Waals surface area contributed by atoms with Gasteiger partial charge >= 0.3 is 0 Å². The summed E-state index contributed by atoms with van der Waals surface area (Å²) in [6.07, 6.45) is 4.10. The van der Waals surface area contributed by atoms with Crippen LogP contribution in [0.3, 0.4) is 0 Å². The first-order valence-corrected chi connectivity index (χ1v) is 7.58. The standard InChI is InChI=1S/C15H31N3/c1-15(2)12-16-8-5-14(15)18-9-6-13(7-10-18)11-17(3)4/h13-14,16H,5-12H2,1-4H3. The first-order chi connectivity index (χ1) is 8.49. The van der Waals surface area contributed by atoms with Gasteiger partial charge in [-0.1, -0.05) is 13.8 Å². The van der Waals surface area contributed by atoms with Crippen LogP contribution < -0.4 is 5.32 Å². The first-order valence-electron chi connectivity index (χ1n) is 7.58. The molecule has 2 aliphatic rings. The molecule has 18 heavy (non-hydrogen) atoms. The van der Waals surface area contributed by atoms with Gasteiger partial charge in [-0.15, -0.1) is 0 Å². The Morgan fingerprint density at radius 3 is 2.39 bits per heavy atom. The Bertz CT molecular complexity index is 254. The summed E-state index contributed by atoms with van der Waals surface area (Å²) < 4.78 is 0. The van der Waals surface area contributed by atoms with E-state index in [1.54, 1.807) is 0 Å². The lowest BCUT2D eigenvalue weighted by atomic mass is 9.78. The normalized spacial score (nSPS) is 30.8. The second kappa shape index (κ2) is 5.89. The van der Waals surface area contributed by atoms with Gasteiger partial charge in [-0.2, -0.15) is 0 Å². The topological polar surface area (TPSA) is 18.5 Å². The highest BCUT2D eigenvalue weighted by Gasteiger charge is 2.37. The molecule has 0 amide bonds. The summed E-state index contributed by atoms with van der Waals surface area (Å²) in [4.78, 5) is 5.11. The molecule has 106 valence electrons. The van der Waals surface area contributed by atoms with Crippen molar-refractivity contribution in [3.63, 3.8) is 0 Å². The van der Waals surface area contributed by atoms with Crippen LogP contribution in [0, 0.1) is 11.3 Å². The van der Waals surface area contributed by atoms with E-state index < -0.39 is 0 Å². The molecule has 0 radical (unpaired) electrons. The second-order valence-corrected chi connectivity index (χ2v) is 7.21. The molecule has 1 N–H and O–H groups in total. The molecule has 2 fully saturated rings. The van der Waals surface area contributed by atoms with Crippen molar-refractivity contribution in [1.29, 1.82) is 0 Å². The van der Waals surface area contributed by atoms with Crippen LogP contribution in [-0.4, -0.2) is 62.7 Å². The monoisotopic (exact) mass is 253 g/mol. The maximum absolute atomic E-state index is 3.55. The molecule has 0 spiro atoms. The van der Waals surface area contributed by atoms with Crippen LogP contribution in [0.5, 0.6) is 0 Å². The lowest BCUT2D eigenvalue weighted by molar-refractivity contribution is 0.0306. The molecular weight excluding hydrogens is 222 g/mol. The maximum Gasteiger partial charge on any atom is 0.0171 e. The molecule has 2 aliphatic heterocycles. The van der Waals surface area contributed by atoms with E-state index in [1.807, 2.05) is 0 Å². The molecule has 0 aliphatic carbocycles. The third-order valence-corrected chi connectivity index (χ3v) is 4.79. The lowest BCUT2D eigenvalue weighted by Gasteiger charge is -2.48. The van der Waals surface area contributed by atoms with Gasteiger partial charge in [0.2, 0.25) is 0 Å². The van der Waals surface area contributed by atoms with Crippen molar-refractivity contribution < 1.29 is 0 Å². The quantitative estimate of drug-likeness (QED) is 0.825. The molecule has 2 saturated heterocycles. The molecule has 2 heterocycles. The number of nitrogens with one attached hydrogen (secondary N) is 1. The third kappa shape index (κ3) is 3.46. The molecule has 0 saturated carbocycles. The van der Waals surface area contributed by atoms with Crippen molar-refractivity contribution in [3.8, 4) is 0 Å². The zero-order chi connectivity index (χ0) is 13.2. The Balaban J connectivity index is 1.85. The van der Waals surface area contributed by atoms with E-state index in [1.165, 1.54) is 52.0 Å². The average molecular weight is 253 g/mol. The molecule has 0 aromatic heterocycles. The average Bonchev–Trinajstić information content (AvgIpc) is 2.29. The minimum absolute atomic E-state index is 0.437. The van der Waals surface area contributed by atoms with Crippen LogP contribution in [-0.2, 0) is 0 Å². The van der Waals surface area contributed by atoms with Crippen molar-refractivity contribution >= 4 is 0 Å². The van der Waals surface area contributed by atoms with Gasteiger partial charge < -0.3 is 10.2 Å². The van der Waals surface area contributed by atoms with E-state index in [2.05, 4.69) is 43.1 Å². The molecule has 3 heteroatoms. The van der Waals surface area contributed by atoms with E-state index in [9.17, 15) is 0 Å². The fourth-order valence-electron chi connectivity index (χ4n) is 3.80. The molecule has 2 rings (SSSR count). The van der Waals surface area contributed by atoms with Crippen LogP contribution >= 0.6 is 0 Å². The highest BCUT2D eigenvalue weighted by molar-refractivity contribution is 4.93. The molecule has 0 bridgehead atoms. The summed E-state index contributed by atoms with van der Waals surface area (Å²) in [6, 6.07) is 0.791. The Morgan fingerprint density at radius 1 is 1.17 bits per heavy atom. The van der Waals surface area contributed by atoms with Gasteiger partial charge in [-0.05, 0) is 64.3 Å². The minimum atomic E-state index is 0.437. The number of rotatable bonds is 3. The van der Waals surface area contributed by atoms with Gasteiger partial charge in [0.15, 0.2) is 0 Å². The SMILES string of the molecule is CN(C)CC1CCN(C2CCNCC2(C)C)CC1.